The number of aldehydes is 1. The fourth-order valence-corrected chi connectivity index (χ4v) is 2.02. The van der Waals surface area contributed by atoms with Gasteiger partial charge in [-0.25, -0.2) is 4.98 Å². The maximum Gasteiger partial charge on any atom is 0.120 e. The Hall–Kier alpha value is -1.64. The Kier molecular flexibility index (Phi) is 2.77. The molecular formula is C13H16N2O. The third kappa shape index (κ3) is 1.62. The number of nitrogens with zero attached hydrogens (tertiary/aromatic N) is 2. The smallest absolute Gasteiger partial charge is 0.120 e. The number of hydrogen-bond acceptors (Lipinski definition) is 2. The Labute approximate surface area is 95.1 Å². The minimum absolute atomic E-state index is 0.232. The quantitative estimate of drug-likeness (QED) is 0.739. The summed E-state index contributed by atoms with van der Waals surface area (Å²) in [5, 5.41) is 0. The number of para-hydroxylation sites is 1. The van der Waals surface area contributed by atoms with Gasteiger partial charge in [-0.3, -0.25) is 0 Å². The van der Waals surface area contributed by atoms with Gasteiger partial charge in [-0.2, -0.15) is 0 Å². The van der Waals surface area contributed by atoms with Crippen molar-refractivity contribution in [2.24, 2.45) is 7.05 Å². The first kappa shape index (κ1) is 10.9. The molecule has 0 saturated carbocycles. The minimum Gasteiger partial charge on any atom is -0.331 e. The van der Waals surface area contributed by atoms with Gasteiger partial charge in [0.2, 0.25) is 0 Å². The van der Waals surface area contributed by atoms with Gasteiger partial charge in [0.05, 0.1) is 11.0 Å². The number of carbonyl (C=O) groups excluding carboxylic acids is 1. The van der Waals surface area contributed by atoms with E-state index in [0.717, 1.165) is 28.7 Å². The molecule has 0 radical (unpaired) electrons. The van der Waals surface area contributed by atoms with E-state index in [2.05, 4.69) is 28.6 Å². The molecule has 0 N–H and O–H groups in total. The minimum atomic E-state index is 0.232. The molecule has 0 aliphatic carbocycles. The average Bonchev–Trinajstić information content (AvgIpc) is 2.55. The summed E-state index contributed by atoms with van der Waals surface area (Å²) in [6.45, 7) is 4.06. The van der Waals surface area contributed by atoms with Gasteiger partial charge < -0.3 is 9.36 Å². The predicted molar refractivity (Wildman–Crippen MR) is 64.5 cm³/mol. The van der Waals surface area contributed by atoms with Gasteiger partial charge in [0.15, 0.2) is 0 Å². The Morgan fingerprint density at radius 2 is 2.25 bits per heavy atom. The molecule has 1 unspecified atom stereocenters. The molecule has 0 spiro atoms. The van der Waals surface area contributed by atoms with Crippen LogP contribution in [0.2, 0.25) is 0 Å². The zero-order valence-corrected chi connectivity index (χ0v) is 9.90. The molecule has 1 heterocycles. The highest BCUT2D eigenvalue weighted by molar-refractivity contribution is 5.80. The number of carbonyl (C=O) groups is 1. The number of aromatic nitrogens is 2. The van der Waals surface area contributed by atoms with Crippen molar-refractivity contribution >= 4 is 17.3 Å². The maximum absolute atomic E-state index is 10.6. The highest BCUT2D eigenvalue weighted by Gasteiger charge is 2.13. The van der Waals surface area contributed by atoms with Crippen molar-refractivity contribution < 1.29 is 4.79 Å². The third-order valence-electron chi connectivity index (χ3n) is 3.15. The number of rotatable bonds is 3. The first-order valence-corrected chi connectivity index (χ1v) is 5.50. The summed E-state index contributed by atoms with van der Waals surface area (Å²) < 4.78 is 2.08. The normalized spacial score (nSPS) is 12.9. The standard InChI is InChI=1S/C13H16N2O/c1-9(7-8-16)11-5-4-6-12-13(11)14-10(2)15(12)3/h4-6,8-9H,7H2,1-3H3. The third-order valence-corrected chi connectivity index (χ3v) is 3.15. The van der Waals surface area contributed by atoms with Crippen LogP contribution >= 0.6 is 0 Å². The zero-order valence-electron chi connectivity index (χ0n) is 9.90. The lowest BCUT2D eigenvalue weighted by Crippen LogP contribution is -1.95. The molecule has 0 aliphatic rings. The molecule has 1 aromatic heterocycles. The Morgan fingerprint density at radius 3 is 2.94 bits per heavy atom. The van der Waals surface area contributed by atoms with Crippen LogP contribution in [-0.2, 0) is 11.8 Å². The largest absolute Gasteiger partial charge is 0.331 e. The highest BCUT2D eigenvalue weighted by Crippen LogP contribution is 2.26. The number of benzene rings is 1. The van der Waals surface area contributed by atoms with E-state index in [-0.39, 0.29) is 5.92 Å². The van der Waals surface area contributed by atoms with E-state index in [0.29, 0.717) is 6.42 Å². The van der Waals surface area contributed by atoms with E-state index in [1.807, 2.05) is 20.0 Å². The molecule has 84 valence electrons. The van der Waals surface area contributed by atoms with E-state index in [9.17, 15) is 4.79 Å². The first-order valence-electron chi connectivity index (χ1n) is 5.50. The van der Waals surface area contributed by atoms with Gasteiger partial charge in [-0.1, -0.05) is 19.1 Å². The van der Waals surface area contributed by atoms with Gasteiger partial charge in [0, 0.05) is 13.5 Å². The molecule has 0 bridgehead atoms. The van der Waals surface area contributed by atoms with Crippen LogP contribution in [-0.4, -0.2) is 15.8 Å². The summed E-state index contributed by atoms with van der Waals surface area (Å²) in [5.74, 6) is 1.23. The Balaban J connectivity index is 2.62. The van der Waals surface area contributed by atoms with Gasteiger partial charge in [0.25, 0.3) is 0 Å². The molecule has 3 nitrogen and oxygen atoms in total. The number of hydrogen-bond donors (Lipinski definition) is 0. The summed E-state index contributed by atoms with van der Waals surface area (Å²) in [6.07, 6.45) is 1.52. The van der Waals surface area contributed by atoms with Crippen molar-refractivity contribution in [1.29, 1.82) is 0 Å². The van der Waals surface area contributed by atoms with Gasteiger partial charge in [-0.15, -0.1) is 0 Å². The topological polar surface area (TPSA) is 34.9 Å². The van der Waals surface area contributed by atoms with Crippen molar-refractivity contribution in [2.45, 2.75) is 26.2 Å². The number of aryl methyl sites for hydroxylation is 2. The maximum atomic E-state index is 10.6. The second kappa shape index (κ2) is 4.08. The van der Waals surface area contributed by atoms with Crippen molar-refractivity contribution in [1.82, 2.24) is 9.55 Å². The van der Waals surface area contributed by atoms with Crippen molar-refractivity contribution in [3.8, 4) is 0 Å². The number of fused-ring (bicyclic) bond motifs is 1. The van der Waals surface area contributed by atoms with Crippen molar-refractivity contribution in [3.63, 3.8) is 0 Å². The second-order valence-corrected chi connectivity index (χ2v) is 4.24. The molecule has 0 saturated heterocycles. The van der Waals surface area contributed by atoms with Crippen LogP contribution in [0.15, 0.2) is 18.2 Å². The Bertz CT molecular complexity index is 528. The summed E-state index contributed by atoms with van der Waals surface area (Å²) in [6, 6.07) is 6.15. The molecule has 0 aliphatic heterocycles. The van der Waals surface area contributed by atoms with Crippen LogP contribution < -0.4 is 0 Å². The summed E-state index contributed by atoms with van der Waals surface area (Å²) in [4.78, 5) is 15.1. The zero-order chi connectivity index (χ0) is 11.7. The van der Waals surface area contributed by atoms with Crippen molar-refractivity contribution in [2.75, 3.05) is 0 Å². The van der Waals surface area contributed by atoms with Crippen LogP contribution in [0.1, 0.15) is 30.7 Å². The van der Waals surface area contributed by atoms with Crippen LogP contribution in [0.3, 0.4) is 0 Å². The molecule has 1 atom stereocenters. The van der Waals surface area contributed by atoms with E-state index in [1.165, 1.54) is 0 Å². The van der Waals surface area contributed by atoms with Crippen LogP contribution in [0.5, 0.6) is 0 Å². The van der Waals surface area contributed by atoms with E-state index in [4.69, 9.17) is 0 Å². The molecular weight excluding hydrogens is 200 g/mol. The molecule has 1 aromatic carbocycles. The SMILES string of the molecule is Cc1nc2c(C(C)CC=O)cccc2n1C. The molecule has 16 heavy (non-hydrogen) atoms. The number of imidazole rings is 1. The average molecular weight is 216 g/mol. The lowest BCUT2D eigenvalue weighted by Gasteiger charge is -2.08. The van der Waals surface area contributed by atoms with E-state index < -0.39 is 0 Å². The summed E-state index contributed by atoms with van der Waals surface area (Å²) >= 11 is 0. The van der Waals surface area contributed by atoms with E-state index >= 15 is 0 Å². The van der Waals surface area contributed by atoms with Crippen LogP contribution in [0.4, 0.5) is 0 Å². The van der Waals surface area contributed by atoms with Crippen molar-refractivity contribution in [3.05, 3.63) is 29.6 Å². The van der Waals surface area contributed by atoms with Crippen LogP contribution in [0.25, 0.3) is 11.0 Å². The lowest BCUT2D eigenvalue weighted by atomic mass is 9.97. The fourth-order valence-electron chi connectivity index (χ4n) is 2.02. The molecule has 0 amide bonds. The van der Waals surface area contributed by atoms with E-state index in [1.54, 1.807) is 0 Å². The molecule has 2 aromatic rings. The van der Waals surface area contributed by atoms with Gasteiger partial charge >= 0.3 is 0 Å². The molecule has 2 rings (SSSR count). The second-order valence-electron chi connectivity index (χ2n) is 4.24. The summed E-state index contributed by atoms with van der Waals surface area (Å²) in [5.41, 5.74) is 3.32. The van der Waals surface area contributed by atoms with Gasteiger partial charge in [-0.05, 0) is 24.5 Å². The summed E-state index contributed by atoms with van der Waals surface area (Å²) in [7, 11) is 2.01. The monoisotopic (exact) mass is 216 g/mol. The highest BCUT2D eigenvalue weighted by atomic mass is 16.1. The van der Waals surface area contributed by atoms with Gasteiger partial charge in [0.1, 0.15) is 12.1 Å². The molecule has 3 heteroatoms. The first-order chi connectivity index (χ1) is 7.65. The predicted octanol–water partition coefficient (Wildman–Crippen LogP) is 2.57. The van der Waals surface area contributed by atoms with Crippen LogP contribution in [0, 0.1) is 6.92 Å². The fraction of sp³-hybridized carbons (Fsp3) is 0.385. The molecule has 0 fully saturated rings. The lowest BCUT2D eigenvalue weighted by molar-refractivity contribution is -0.108. The Morgan fingerprint density at radius 1 is 1.50 bits per heavy atom.